The van der Waals surface area contributed by atoms with Gasteiger partial charge in [0.05, 0.1) is 24.3 Å². The molecular weight excluding hydrogens is 348 g/mol. The zero-order valence-corrected chi connectivity index (χ0v) is 15.1. The Kier molecular flexibility index (Phi) is 5.40. The average Bonchev–Trinajstić information content (AvgIpc) is 3.27. The highest BCUT2D eigenvalue weighted by Gasteiger charge is 2.16. The van der Waals surface area contributed by atoms with Crippen LogP contribution in [0, 0.1) is 12.8 Å². The lowest BCUT2D eigenvalue weighted by atomic mass is 10.0. The van der Waals surface area contributed by atoms with Gasteiger partial charge in [0.25, 0.3) is 5.89 Å². The Bertz CT molecular complexity index is 926. The van der Waals surface area contributed by atoms with Crippen molar-refractivity contribution in [1.29, 1.82) is 0 Å². The van der Waals surface area contributed by atoms with E-state index in [1.807, 2.05) is 12.1 Å². The third kappa shape index (κ3) is 4.63. The largest absolute Gasteiger partial charge is 0.481 e. The van der Waals surface area contributed by atoms with E-state index in [0.717, 1.165) is 5.56 Å². The molecule has 0 aliphatic heterocycles. The number of furan rings is 1. The maximum absolute atomic E-state index is 12.3. The van der Waals surface area contributed by atoms with E-state index in [4.69, 9.17) is 13.9 Å². The summed E-state index contributed by atoms with van der Waals surface area (Å²) in [6.07, 6.45) is 2.05. The van der Waals surface area contributed by atoms with Gasteiger partial charge >= 0.3 is 5.97 Å². The van der Waals surface area contributed by atoms with Crippen molar-refractivity contribution in [3.05, 3.63) is 59.7 Å². The minimum atomic E-state index is -0.829. The molecule has 2 aromatic heterocycles. The van der Waals surface area contributed by atoms with Crippen LogP contribution >= 0.6 is 0 Å². The van der Waals surface area contributed by atoms with Gasteiger partial charge in [-0.05, 0) is 43.2 Å². The number of aliphatic carboxylic acids is 1. The third-order valence-electron chi connectivity index (χ3n) is 4.15. The molecule has 0 aliphatic carbocycles. The number of carbonyl (C=O) groups excluding carboxylic acids is 1. The molecule has 2 heterocycles. The van der Waals surface area contributed by atoms with Crippen molar-refractivity contribution < 1.29 is 23.5 Å². The number of oxazole rings is 1. The van der Waals surface area contributed by atoms with Crippen LogP contribution in [-0.4, -0.2) is 22.0 Å². The topological polar surface area (TPSA) is 106 Å². The first kappa shape index (κ1) is 18.4. The third-order valence-corrected chi connectivity index (χ3v) is 4.15. The Labute approximate surface area is 156 Å². The number of hydrogen-bond donors (Lipinski definition) is 2. The van der Waals surface area contributed by atoms with Crippen LogP contribution in [0.5, 0.6) is 0 Å². The number of amides is 1. The first-order valence-electron chi connectivity index (χ1n) is 8.54. The van der Waals surface area contributed by atoms with Crippen molar-refractivity contribution in [2.24, 2.45) is 5.92 Å². The van der Waals surface area contributed by atoms with Crippen LogP contribution in [0.25, 0.3) is 11.7 Å². The molecule has 1 atom stereocenters. The van der Waals surface area contributed by atoms with E-state index in [1.54, 1.807) is 38.1 Å². The summed E-state index contributed by atoms with van der Waals surface area (Å²) < 4.78 is 10.8. The zero-order chi connectivity index (χ0) is 19.4. The Hall–Kier alpha value is -3.35. The Morgan fingerprint density at radius 3 is 2.59 bits per heavy atom. The number of nitrogens with one attached hydrogen (secondary N) is 1. The first-order valence-corrected chi connectivity index (χ1v) is 8.54. The minimum Gasteiger partial charge on any atom is -0.481 e. The highest BCUT2D eigenvalue weighted by Crippen LogP contribution is 2.22. The van der Waals surface area contributed by atoms with Crippen LogP contribution in [0.3, 0.4) is 0 Å². The predicted octanol–water partition coefficient (Wildman–Crippen LogP) is 3.69. The molecule has 1 aromatic carbocycles. The molecule has 3 aromatic rings. The molecule has 140 valence electrons. The molecule has 0 fully saturated rings. The average molecular weight is 368 g/mol. The molecule has 27 heavy (non-hydrogen) atoms. The summed E-state index contributed by atoms with van der Waals surface area (Å²) >= 11 is 0. The zero-order valence-electron chi connectivity index (χ0n) is 15.1. The predicted molar refractivity (Wildman–Crippen MR) is 98.2 cm³/mol. The monoisotopic (exact) mass is 368 g/mol. The lowest BCUT2D eigenvalue weighted by Gasteiger charge is -2.08. The molecule has 0 saturated heterocycles. The number of hydrogen-bond acceptors (Lipinski definition) is 5. The van der Waals surface area contributed by atoms with E-state index in [9.17, 15) is 9.59 Å². The van der Waals surface area contributed by atoms with Crippen molar-refractivity contribution >= 4 is 17.6 Å². The lowest BCUT2D eigenvalue weighted by molar-refractivity contribution is -0.141. The molecule has 3 rings (SSSR count). The molecule has 7 nitrogen and oxygen atoms in total. The van der Waals surface area contributed by atoms with E-state index < -0.39 is 11.9 Å². The normalized spacial score (nSPS) is 11.9. The number of carbonyl (C=O) groups is 2. The number of nitrogens with zero attached hydrogens (tertiary/aromatic N) is 1. The highest BCUT2D eigenvalue weighted by atomic mass is 16.4. The highest BCUT2D eigenvalue weighted by molar-refractivity contribution is 5.92. The van der Waals surface area contributed by atoms with Crippen molar-refractivity contribution in [2.75, 3.05) is 5.32 Å². The van der Waals surface area contributed by atoms with Crippen LogP contribution in [-0.2, 0) is 22.4 Å². The SMILES string of the molecule is Cc1oc(-c2ccco2)nc1CC(=O)Nc1ccc(CC(C)C(=O)O)cc1. The molecule has 7 heteroatoms. The Morgan fingerprint density at radius 2 is 1.96 bits per heavy atom. The number of carboxylic acids is 1. The van der Waals surface area contributed by atoms with Gasteiger partial charge in [0.15, 0.2) is 5.76 Å². The second-order valence-corrected chi connectivity index (χ2v) is 6.36. The molecule has 0 spiro atoms. The van der Waals surface area contributed by atoms with E-state index >= 15 is 0 Å². The van der Waals surface area contributed by atoms with Crippen LogP contribution in [0.2, 0.25) is 0 Å². The quantitative estimate of drug-likeness (QED) is 0.659. The number of carboxylic acid groups (broad SMARTS) is 1. The van der Waals surface area contributed by atoms with Gasteiger partial charge in [-0.25, -0.2) is 4.98 Å². The molecular formula is C20H20N2O5. The van der Waals surface area contributed by atoms with Crippen molar-refractivity contribution in [1.82, 2.24) is 4.98 Å². The summed E-state index contributed by atoms with van der Waals surface area (Å²) in [5.41, 5.74) is 2.09. The van der Waals surface area contributed by atoms with Crippen molar-refractivity contribution in [3.63, 3.8) is 0 Å². The maximum Gasteiger partial charge on any atom is 0.306 e. The van der Waals surface area contributed by atoms with Gasteiger partial charge < -0.3 is 19.3 Å². The second kappa shape index (κ2) is 7.90. The molecule has 0 saturated carbocycles. The van der Waals surface area contributed by atoms with Crippen LogP contribution in [0.15, 0.2) is 51.5 Å². The van der Waals surface area contributed by atoms with Gasteiger partial charge in [-0.3, -0.25) is 9.59 Å². The molecule has 0 aliphatic rings. The van der Waals surface area contributed by atoms with Gasteiger partial charge in [0.1, 0.15) is 5.76 Å². The van der Waals surface area contributed by atoms with Crippen LogP contribution in [0.1, 0.15) is 23.9 Å². The number of benzene rings is 1. The molecule has 0 bridgehead atoms. The first-order chi connectivity index (χ1) is 12.9. The van der Waals surface area contributed by atoms with E-state index in [2.05, 4.69) is 10.3 Å². The van der Waals surface area contributed by atoms with E-state index in [1.165, 1.54) is 6.26 Å². The maximum atomic E-state index is 12.3. The summed E-state index contributed by atoms with van der Waals surface area (Å²) in [6, 6.07) is 10.6. The number of anilines is 1. The lowest BCUT2D eigenvalue weighted by Crippen LogP contribution is -2.15. The summed E-state index contributed by atoms with van der Waals surface area (Å²) in [5.74, 6) is -0.0834. The number of aryl methyl sites for hydroxylation is 1. The molecule has 0 radical (unpaired) electrons. The smallest absolute Gasteiger partial charge is 0.306 e. The van der Waals surface area contributed by atoms with Crippen LogP contribution < -0.4 is 5.32 Å². The summed E-state index contributed by atoms with van der Waals surface area (Å²) in [4.78, 5) is 27.5. The number of aromatic nitrogens is 1. The van der Waals surface area contributed by atoms with Crippen molar-refractivity contribution in [2.45, 2.75) is 26.7 Å². The fraction of sp³-hybridized carbons (Fsp3) is 0.250. The van der Waals surface area contributed by atoms with E-state index in [0.29, 0.717) is 35.2 Å². The van der Waals surface area contributed by atoms with Crippen molar-refractivity contribution in [3.8, 4) is 11.7 Å². The summed E-state index contributed by atoms with van der Waals surface area (Å²) in [7, 11) is 0. The van der Waals surface area contributed by atoms with Crippen LogP contribution in [0.4, 0.5) is 5.69 Å². The molecule has 1 unspecified atom stereocenters. The number of rotatable bonds is 7. The summed E-state index contributed by atoms with van der Waals surface area (Å²) in [6.45, 7) is 3.41. The molecule has 1 amide bonds. The van der Waals surface area contributed by atoms with Gasteiger partial charge in [0.2, 0.25) is 5.91 Å². The van der Waals surface area contributed by atoms with Gasteiger partial charge in [-0.2, -0.15) is 0 Å². The Morgan fingerprint density at radius 1 is 1.22 bits per heavy atom. The Balaban J connectivity index is 1.60. The van der Waals surface area contributed by atoms with E-state index in [-0.39, 0.29) is 12.3 Å². The minimum absolute atomic E-state index is 0.0772. The fourth-order valence-corrected chi connectivity index (χ4v) is 2.62. The standard InChI is InChI=1S/C20H20N2O5/c1-12(20(24)25)10-14-5-7-15(8-6-14)21-18(23)11-16-13(2)27-19(22-16)17-4-3-9-26-17/h3-9,12H,10-11H2,1-2H3,(H,21,23)(H,24,25). The van der Waals surface area contributed by atoms with Gasteiger partial charge in [0, 0.05) is 5.69 Å². The van der Waals surface area contributed by atoms with Gasteiger partial charge in [-0.15, -0.1) is 0 Å². The summed E-state index contributed by atoms with van der Waals surface area (Å²) in [5, 5.41) is 11.8. The molecule has 2 N–H and O–H groups in total. The fourth-order valence-electron chi connectivity index (χ4n) is 2.62. The van der Waals surface area contributed by atoms with Gasteiger partial charge in [-0.1, -0.05) is 19.1 Å². The second-order valence-electron chi connectivity index (χ2n) is 6.36.